The lowest BCUT2D eigenvalue weighted by atomic mass is 9.86. The molecule has 0 radical (unpaired) electrons. The Bertz CT molecular complexity index is 1160. The second-order valence-corrected chi connectivity index (χ2v) is 9.62. The Kier molecular flexibility index (Phi) is 5.28. The highest BCUT2D eigenvalue weighted by Crippen LogP contribution is 2.46. The second-order valence-electron chi connectivity index (χ2n) is 9.62. The summed E-state index contributed by atoms with van der Waals surface area (Å²) < 4.78 is 5.55. The molecule has 1 saturated heterocycles. The van der Waals surface area contributed by atoms with Gasteiger partial charge in [0.05, 0.1) is 29.6 Å². The maximum Gasteiger partial charge on any atom is 0.300 e. The second kappa shape index (κ2) is 8.03. The molecule has 0 N–H and O–H groups in total. The summed E-state index contributed by atoms with van der Waals surface area (Å²) in [6, 6.07) is 12.2. The van der Waals surface area contributed by atoms with Crippen molar-refractivity contribution in [3.8, 4) is 5.75 Å². The number of ketones is 1. The van der Waals surface area contributed by atoms with Crippen molar-refractivity contribution in [3.05, 3.63) is 59.2 Å². The van der Waals surface area contributed by atoms with E-state index in [2.05, 4.69) is 41.0 Å². The van der Waals surface area contributed by atoms with E-state index in [4.69, 9.17) is 4.74 Å². The number of piperazine rings is 1. The predicted octanol–water partition coefficient (Wildman–Crippen LogP) is 3.78. The first-order valence-electron chi connectivity index (χ1n) is 11.7. The van der Waals surface area contributed by atoms with Gasteiger partial charge in [0.25, 0.3) is 11.7 Å². The number of anilines is 2. The van der Waals surface area contributed by atoms with E-state index in [9.17, 15) is 9.59 Å². The molecule has 1 fully saturated rings. The van der Waals surface area contributed by atoms with Crippen LogP contribution in [0, 0.1) is 0 Å². The van der Waals surface area contributed by atoms with Crippen molar-refractivity contribution >= 4 is 28.6 Å². The van der Waals surface area contributed by atoms with E-state index in [1.54, 1.807) is 12.0 Å². The van der Waals surface area contributed by atoms with Gasteiger partial charge in [0.1, 0.15) is 5.75 Å². The molecule has 0 spiro atoms. The fourth-order valence-electron chi connectivity index (χ4n) is 5.40. The minimum atomic E-state index is -0.534. The molecular weight excluding hydrogens is 414 g/mol. The number of hydrogen-bond acceptors (Lipinski definition) is 5. The van der Waals surface area contributed by atoms with Gasteiger partial charge < -0.3 is 9.64 Å². The molecule has 1 amide bonds. The summed E-state index contributed by atoms with van der Waals surface area (Å²) in [6.07, 6.45) is 3.01. The van der Waals surface area contributed by atoms with Crippen LogP contribution in [0.15, 0.2) is 42.5 Å². The predicted molar refractivity (Wildman–Crippen MR) is 131 cm³/mol. The number of carbonyl (C=O) groups is 2. The van der Waals surface area contributed by atoms with Gasteiger partial charge in [0.15, 0.2) is 0 Å². The molecule has 6 nitrogen and oxygen atoms in total. The van der Waals surface area contributed by atoms with Gasteiger partial charge in [0, 0.05) is 38.3 Å². The number of rotatable bonds is 5. The number of methoxy groups -OCH3 is 1. The molecule has 5 rings (SSSR count). The van der Waals surface area contributed by atoms with E-state index in [1.165, 1.54) is 5.57 Å². The van der Waals surface area contributed by atoms with Crippen LogP contribution in [-0.2, 0) is 11.2 Å². The Balaban J connectivity index is 1.41. The molecule has 0 aromatic heterocycles. The van der Waals surface area contributed by atoms with E-state index >= 15 is 0 Å². The zero-order valence-electron chi connectivity index (χ0n) is 19.9. The summed E-state index contributed by atoms with van der Waals surface area (Å²) in [6.45, 7) is 10.6. The maximum absolute atomic E-state index is 12.8. The molecular formula is C27H31N3O3. The number of ether oxygens (including phenoxy) is 1. The smallest absolute Gasteiger partial charge is 0.300 e. The minimum absolute atomic E-state index is 0.380. The van der Waals surface area contributed by atoms with Gasteiger partial charge in [-0.2, -0.15) is 0 Å². The van der Waals surface area contributed by atoms with E-state index in [0.717, 1.165) is 67.4 Å². The number of para-hydroxylation sites is 2. The molecule has 3 aliphatic rings. The van der Waals surface area contributed by atoms with Crippen LogP contribution in [0.5, 0.6) is 5.75 Å². The fourth-order valence-corrected chi connectivity index (χ4v) is 5.40. The van der Waals surface area contributed by atoms with Crippen LogP contribution in [0.1, 0.15) is 42.3 Å². The van der Waals surface area contributed by atoms with Crippen LogP contribution in [0.25, 0.3) is 5.57 Å². The number of aryl methyl sites for hydroxylation is 1. The Hall–Kier alpha value is -3.12. The van der Waals surface area contributed by atoms with Crippen LogP contribution >= 0.6 is 0 Å². The van der Waals surface area contributed by atoms with Gasteiger partial charge in [-0.25, -0.2) is 0 Å². The molecule has 2 aromatic carbocycles. The molecule has 0 aliphatic carbocycles. The first-order chi connectivity index (χ1) is 15.8. The highest BCUT2D eigenvalue weighted by atomic mass is 16.5. The number of benzene rings is 2. The third-order valence-corrected chi connectivity index (χ3v) is 7.09. The molecule has 0 atom stereocenters. The Morgan fingerprint density at radius 1 is 1.00 bits per heavy atom. The van der Waals surface area contributed by atoms with Gasteiger partial charge in [-0.05, 0) is 55.7 Å². The molecule has 2 aromatic rings. The summed E-state index contributed by atoms with van der Waals surface area (Å²) in [5, 5.41) is 0. The first-order valence-corrected chi connectivity index (χ1v) is 11.7. The largest absolute Gasteiger partial charge is 0.495 e. The Morgan fingerprint density at radius 3 is 2.39 bits per heavy atom. The molecule has 6 heteroatoms. The SMILES string of the molecule is CCc1cc2c3c(c1)C(CN1CCN(c4ccccc4OC)CC1)=CC(C)(C)N3C(=O)C2=O. The standard InChI is InChI=1S/C27H31N3O3/c1-5-18-14-20-19(16-27(2,3)30-24(20)21(15-18)25(31)26(30)32)17-28-10-12-29(13-11-28)22-8-6-7-9-23(22)33-4/h6-9,14-16H,5,10-13,17H2,1-4H3. The topological polar surface area (TPSA) is 53.1 Å². The molecule has 33 heavy (non-hydrogen) atoms. The van der Waals surface area contributed by atoms with Crippen molar-refractivity contribution in [1.29, 1.82) is 0 Å². The van der Waals surface area contributed by atoms with E-state index in [1.807, 2.05) is 32.0 Å². The number of nitrogens with zero attached hydrogens (tertiary/aromatic N) is 3. The van der Waals surface area contributed by atoms with Crippen LogP contribution in [-0.4, -0.2) is 62.0 Å². The third kappa shape index (κ3) is 3.53. The molecule has 0 unspecified atom stereocenters. The van der Waals surface area contributed by atoms with Crippen molar-refractivity contribution in [3.63, 3.8) is 0 Å². The van der Waals surface area contributed by atoms with Crippen molar-refractivity contribution in [2.45, 2.75) is 32.7 Å². The highest BCUT2D eigenvalue weighted by molar-refractivity contribution is 6.53. The number of amides is 1. The summed E-state index contributed by atoms with van der Waals surface area (Å²) >= 11 is 0. The van der Waals surface area contributed by atoms with Crippen LogP contribution in [0.2, 0.25) is 0 Å². The average Bonchev–Trinajstić information content (AvgIpc) is 3.08. The number of carbonyl (C=O) groups excluding carboxylic acids is 2. The van der Waals surface area contributed by atoms with Crippen molar-refractivity contribution in [2.75, 3.05) is 49.6 Å². The van der Waals surface area contributed by atoms with Gasteiger partial charge in [-0.3, -0.25) is 19.4 Å². The van der Waals surface area contributed by atoms with Crippen molar-refractivity contribution < 1.29 is 14.3 Å². The molecule has 3 heterocycles. The lowest BCUT2D eigenvalue weighted by molar-refractivity contribution is -0.115. The van der Waals surface area contributed by atoms with Crippen LogP contribution in [0.4, 0.5) is 11.4 Å². The van der Waals surface area contributed by atoms with Gasteiger partial charge >= 0.3 is 0 Å². The molecule has 3 aliphatic heterocycles. The summed E-state index contributed by atoms with van der Waals surface area (Å²) in [5.41, 5.74) is 5.31. The van der Waals surface area contributed by atoms with Crippen LogP contribution < -0.4 is 14.5 Å². The third-order valence-electron chi connectivity index (χ3n) is 7.09. The lowest BCUT2D eigenvalue weighted by Gasteiger charge is -2.41. The lowest BCUT2D eigenvalue weighted by Crippen LogP contribution is -2.49. The van der Waals surface area contributed by atoms with Crippen molar-refractivity contribution in [1.82, 2.24) is 4.90 Å². The van der Waals surface area contributed by atoms with E-state index in [-0.39, 0.29) is 5.78 Å². The Labute approximate surface area is 195 Å². The van der Waals surface area contributed by atoms with Gasteiger partial charge in [0.2, 0.25) is 0 Å². The summed E-state index contributed by atoms with van der Waals surface area (Å²) in [5.74, 6) is 0.115. The normalized spacial score (nSPS) is 19.6. The molecule has 0 saturated carbocycles. The minimum Gasteiger partial charge on any atom is -0.495 e. The highest BCUT2D eigenvalue weighted by Gasteiger charge is 2.47. The van der Waals surface area contributed by atoms with Gasteiger partial charge in [-0.15, -0.1) is 0 Å². The average molecular weight is 446 g/mol. The van der Waals surface area contributed by atoms with E-state index < -0.39 is 11.4 Å². The zero-order chi connectivity index (χ0) is 23.3. The van der Waals surface area contributed by atoms with Gasteiger partial charge in [-0.1, -0.05) is 25.1 Å². The molecule has 0 bridgehead atoms. The maximum atomic E-state index is 12.8. The fraction of sp³-hybridized carbons (Fsp3) is 0.407. The number of Topliss-reactive ketones (excluding diaryl/α,β-unsaturated/α-hetero) is 1. The van der Waals surface area contributed by atoms with Crippen molar-refractivity contribution in [2.24, 2.45) is 0 Å². The molecule has 172 valence electrons. The summed E-state index contributed by atoms with van der Waals surface area (Å²) in [7, 11) is 1.72. The summed E-state index contributed by atoms with van der Waals surface area (Å²) in [4.78, 5) is 32.2. The zero-order valence-corrected chi connectivity index (χ0v) is 19.9. The quantitative estimate of drug-likeness (QED) is 0.656. The number of hydrogen-bond donors (Lipinski definition) is 0. The van der Waals surface area contributed by atoms with E-state index in [0.29, 0.717) is 5.56 Å². The first kappa shape index (κ1) is 21.7. The monoisotopic (exact) mass is 445 g/mol. The Morgan fingerprint density at radius 2 is 1.70 bits per heavy atom. The van der Waals surface area contributed by atoms with Crippen LogP contribution in [0.3, 0.4) is 0 Å².